The molecule has 58 heavy (non-hydrogen) atoms. The molecule has 0 saturated heterocycles. The Morgan fingerprint density at radius 1 is 0.707 bits per heavy atom. The first-order valence-electron chi connectivity index (χ1n) is 19.1. The lowest BCUT2D eigenvalue weighted by Crippen LogP contribution is -2.41. The Bertz CT molecular complexity index is 2390. The van der Waals surface area contributed by atoms with Gasteiger partial charge in [-0.05, 0) is 71.0 Å². The number of carbonyl (C=O) groups excluding carboxylic acids is 4. The van der Waals surface area contributed by atoms with Crippen molar-refractivity contribution >= 4 is 34.8 Å². The molecule has 0 saturated carbocycles. The Balaban J connectivity index is 1.13. The number of aromatic amines is 2. The molecule has 4 amide bonds. The molecule has 6 rings (SSSR count). The summed E-state index contributed by atoms with van der Waals surface area (Å²) in [4.78, 5) is 68.6. The van der Waals surface area contributed by atoms with Crippen LogP contribution >= 0.6 is 0 Å². The number of ether oxygens (including phenoxy) is 2. The lowest BCUT2D eigenvalue weighted by Gasteiger charge is -2.29. The van der Waals surface area contributed by atoms with E-state index in [1.807, 2.05) is 63.2 Å². The fourth-order valence-electron chi connectivity index (χ4n) is 6.68. The number of rotatable bonds is 15. The van der Waals surface area contributed by atoms with E-state index in [1.54, 1.807) is 22.2 Å². The van der Waals surface area contributed by atoms with Crippen LogP contribution in [0, 0.1) is 6.92 Å². The molecule has 2 heterocycles. The highest BCUT2D eigenvalue weighted by Gasteiger charge is 2.25. The van der Waals surface area contributed by atoms with Crippen LogP contribution in [0.4, 0.5) is 9.59 Å². The van der Waals surface area contributed by atoms with Crippen LogP contribution < -0.4 is 10.6 Å². The maximum Gasteiger partial charge on any atom is 0.407 e. The van der Waals surface area contributed by atoms with Gasteiger partial charge in [-0.3, -0.25) is 9.59 Å². The van der Waals surface area contributed by atoms with Crippen LogP contribution in [-0.2, 0) is 32.2 Å². The first kappa shape index (κ1) is 40.7. The van der Waals surface area contributed by atoms with E-state index in [2.05, 4.69) is 82.5 Å². The molecular formula is C44H48N8O6. The largest absolute Gasteiger partial charge is 0.453 e. The predicted molar refractivity (Wildman–Crippen MR) is 221 cm³/mol. The molecule has 14 heteroatoms. The number of aromatic nitrogens is 4. The van der Waals surface area contributed by atoms with Gasteiger partial charge in [0.05, 0.1) is 50.6 Å². The van der Waals surface area contributed by atoms with Crippen molar-refractivity contribution < 1.29 is 28.7 Å². The third-order valence-corrected chi connectivity index (χ3v) is 10.0. The molecule has 0 aliphatic heterocycles. The number of aryl methyl sites for hydroxylation is 1. The average Bonchev–Trinajstić information content (AvgIpc) is 3.94. The molecule has 0 bridgehead atoms. The van der Waals surface area contributed by atoms with Gasteiger partial charge in [0.25, 0.3) is 0 Å². The summed E-state index contributed by atoms with van der Waals surface area (Å²) in [5, 5.41) is 7.10. The van der Waals surface area contributed by atoms with Gasteiger partial charge in [0.2, 0.25) is 11.8 Å². The number of amides is 4. The molecule has 0 radical (unpaired) electrons. The third-order valence-electron chi connectivity index (χ3n) is 10.0. The van der Waals surface area contributed by atoms with Crippen molar-refractivity contribution in [2.45, 2.75) is 46.3 Å². The van der Waals surface area contributed by atoms with E-state index >= 15 is 0 Å². The van der Waals surface area contributed by atoms with E-state index in [1.165, 1.54) is 14.2 Å². The zero-order valence-electron chi connectivity index (χ0n) is 33.3. The summed E-state index contributed by atoms with van der Waals surface area (Å²) in [6, 6.07) is 28.3. The maximum absolute atomic E-state index is 13.4. The molecule has 1 unspecified atom stereocenters. The van der Waals surface area contributed by atoms with Crippen LogP contribution in [0.5, 0.6) is 0 Å². The number of hydrogen-bond acceptors (Lipinski definition) is 8. The second-order valence-electron chi connectivity index (χ2n) is 13.9. The summed E-state index contributed by atoms with van der Waals surface area (Å²) in [6.07, 6.45) is 2.98. The summed E-state index contributed by atoms with van der Waals surface area (Å²) in [7, 11) is 2.52. The first-order valence-corrected chi connectivity index (χ1v) is 19.1. The number of alkyl carbamates (subject to hydrolysis) is 2. The number of H-pyrrole nitrogens is 2. The quantitative estimate of drug-likeness (QED) is 0.0851. The van der Waals surface area contributed by atoms with Gasteiger partial charge < -0.3 is 39.9 Å². The molecule has 0 fully saturated rings. The van der Waals surface area contributed by atoms with E-state index in [4.69, 9.17) is 0 Å². The second-order valence-corrected chi connectivity index (χ2v) is 13.9. The van der Waals surface area contributed by atoms with Crippen LogP contribution in [0.25, 0.3) is 44.4 Å². The summed E-state index contributed by atoms with van der Waals surface area (Å²) in [6.45, 7) is 6.71. The van der Waals surface area contributed by atoms with Crippen molar-refractivity contribution in [1.29, 1.82) is 0 Å². The number of nitrogens with one attached hydrogen (secondary N) is 4. The molecule has 4 N–H and O–H groups in total. The molecule has 0 aliphatic rings. The lowest BCUT2D eigenvalue weighted by molar-refractivity contribution is -0.133. The van der Waals surface area contributed by atoms with Crippen LogP contribution in [0.3, 0.4) is 0 Å². The molecule has 300 valence electrons. The van der Waals surface area contributed by atoms with Crippen LogP contribution in [0.1, 0.15) is 49.1 Å². The first-order chi connectivity index (χ1) is 28.1. The zero-order chi connectivity index (χ0) is 41.2. The molecule has 0 aliphatic carbocycles. The fourth-order valence-corrected chi connectivity index (χ4v) is 6.68. The molecule has 14 nitrogen and oxygen atoms in total. The van der Waals surface area contributed by atoms with Crippen molar-refractivity contribution in [2.75, 3.05) is 33.9 Å². The monoisotopic (exact) mass is 784 g/mol. The van der Waals surface area contributed by atoms with Gasteiger partial charge in [0.15, 0.2) is 0 Å². The van der Waals surface area contributed by atoms with Crippen molar-refractivity contribution in [3.63, 3.8) is 0 Å². The number of methoxy groups -OCH3 is 2. The summed E-state index contributed by atoms with van der Waals surface area (Å²) < 4.78 is 9.23. The zero-order valence-corrected chi connectivity index (χ0v) is 33.3. The highest BCUT2D eigenvalue weighted by atomic mass is 16.5. The van der Waals surface area contributed by atoms with Gasteiger partial charge in [-0.1, -0.05) is 79.7 Å². The topological polar surface area (TPSA) is 175 Å². The summed E-state index contributed by atoms with van der Waals surface area (Å²) in [5.74, 6) is 0.784. The summed E-state index contributed by atoms with van der Waals surface area (Å²) >= 11 is 0. The molecular weight excluding hydrogens is 737 g/mol. The summed E-state index contributed by atoms with van der Waals surface area (Å²) in [5.41, 5.74) is 7.76. The number of carbonyl (C=O) groups is 4. The Morgan fingerprint density at radius 2 is 1.29 bits per heavy atom. The van der Waals surface area contributed by atoms with Gasteiger partial charge in [0, 0.05) is 18.7 Å². The van der Waals surface area contributed by atoms with Crippen LogP contribution in [0.15, 0.2) is 97.3 Å². The van der Waals surface area contributed by atoms with Gasteiger partial charge in [-0.15, -0.1) is 0 Å². The third kappa shape index (κ3) is 9.88. The normalized spacial score (nSPS) is 11.5. The van der Waals surface area contributed by atoms with Crippen molar-refractivity contribution in [3.8, 4) is 33.6 Å². The Morgan fingerprint density at radius 3 is 1.97 bits per heavy atom. The van der Waals surface area contributed by atoms with E-state index in [0.717, 1.165) is 62.0 Å². The Labute approximate surface area is 337 Å². The van der Waals surface area contributed by atoms with Crippen molar-refractivity contribution in [1.82, 2.24) is 40.4 Å². The minimum Gasteiger partial charge on any atom is -0.453 e. The highest BCUT2D eigenvalue weighted by Crippen LogP contribution is 2.30. The number of hydrogen-bond donors (Lipinski definition) is 4. The van der Waals surface area contributed by atoms with Gasteiger partial charge in [-0.25, -0.2) is 19.6 Å². The Kier molecular flexibility index (Phi) is 13.2. The lowest BCUT2D eigenvalue weighted by atomic mass is 9.98. The average molecular weight is 785 g/mol. The molecule has 4 aromatic carbocycles. The standard InChI is InChI=1S/C44H48N8O6/c1-6-19-51(40(53)24-47-43(55)57-4)27-39-45-22-38(49-39)35-18-17-33-20-32(15-16-34(33)21-35)30-11-13-31(14-12-30)37-23-46-42(50-37)29(3)52(41(54)25-48-44(56)58-5)26-36-10-8-7-9-28(36)2/h7-18,20-23,29H,6,19,24-27H2,1-5H3,(H,45,49)(H,46,50)(H,47,55)(H,48,56). The maximum atomic E-state index is 13.4. The molecule has 0 spiro atoms. The minimum atomic E-state index is -0.671. The predicted octanol–water partition coefficient (Wildman–Crippen LogP) is 7.14. The fraction of sp³-hybridized carbons (Fsp3) is 0.273. The van der Waals surface area contributed by atoms with E-state index in [9.17, 15) is 19.2 Å². The molecule has 6 aromatic rings. The minimum absolute atomic E-state index is 0.151. The highest BCUT2D eigenvalue weighted by molar-refractivity contribution is 5.90. The van der Waals surface area contributed by atoms with Crippen LogP contribution in [0.2, 0.25) is 0 Å². The van der Waals surface area contributed by atoms with Crippen molar-refractivity contribution in [3.05, 3.63) is 120 Å². The van der Waals surface area contributed by atoms with Gasteiger partial charge >= 0.3 is 12.2 Å². The van der Waals surface area contributed by atoms with E-state index in [-0.39, 0.29) is 31.4 Å². The van der Waals surface area contributed by atoms with Crippen LogP contribution in [-0.4, -0.2) is 87.6 Å². The van der Waals surface area contributed by atoms with Gasteiger partial charge in [0.1, 0.15) is 24.7 Å². The Hall–Kier alpha value is -6.96. The van der Waals surface area contributed by atoms with E-state index < -0.39 is 18.2 Å². The molecule has 2 aromatic heterocycles. The second kappa shape index (κ2) is 18.8. The number of benzene rings is 4. The smallest absolute Gasteiger partial charge is 0.407 e. The van der Waals surface area contributed by atoms with Crippen molar-refractivity contribution in [2.24, 2.45) is 0 Å². The number of nitrogens with zero attached hydrogens (tertiary/aromatic N) is 4. The SMILES string of the molecule is CCCN(Cc1ncc(-c2ccc3cc(-c4ccc(-c5cnc(C(C)N(Cc6ccccc6C)C(=O)CNC(=O)OC)[nH]5)cc4)ccc3c2)[nH]1)C(=O)CNC(=O)OC. The van der Waals surface area contributed by atoms with Gasteiger partial charge in [-0.2, -0.15) is 0 Å². The molecule has 1 atom stereocenters. The number of imidazole rings is 2. The van der Waals surface area contributed by atoms with E-state index in [0.29, 0.717) is 24.7 Å². The number of fused-ring (bicyclic) bond motifs is 1.